The van der Waals surface area contributed by atoms with Gasteiger partial charge in [-0.2, -0.15) is 23.5 Å². The van der Waals surface area contributed by atoms with Gasteiger partial charge in [0.25, 0.3) is 0 Å². The van der Waals surface area contributed by atoms with Crippen LogP contribution in [0.3, 0.4) is 0 Å². The highest BCUT2D eigenvalue weighted by molar-refractivity contribution is 8.00. The van der Waals surface area contributed by atoms with Crippen molar-refractivity contribution in [3.05, 3.63) is 0 Å². The van der Waals surface area contributed by atoms with Crippen LogP contribution in [0.1, 0.15) is 33.1 Å². The lowest BCUT2D eigenvalue weighted by Gasteiger charge is -2.22. The van der Waals surface area contributed by atoms with E-state index in [4.69, 9.17) is 0 Å². The van der Waals surface area contributed by atoms with Crippen molar-refractivity contribution in [3.8, 4) is 0 Å². The Morgan fingerprint density at radius 1 is 1.50 bits per heavy atom. The molecule has 1 fully saturated rings. The van der Waals surface area contributed by atoms with Crippen LogP contribution in [0.15, 0.2) is 0 Å². The molecule has 1 rings (SSSR count). The standard InChI is InChI=1S/C11H23NS2/c1-3-13-8-5-7-12-10-11(2)6-4-9-14-11/h12H,3-10H2,1-2H3. The van der Waals surface area contributed by atoms with Crippen molar-refractivity contribution in [2.24, 2.45) is 0 Å². The molecule has 0 aromatic carbocycles. The molecule has 0 saturated carbocycles. The van der Waals surface area contributed by atoms with Crippen LogP contribution >= 0.6 is 23.5 Å². The average molecular weight is 233 g/mol. The summed E-state index contributed by atoms with van der Waals surface area (Å²) in [6, 6.07) is 0. The molecule has 1 unspecified atom stereocenters. The molecule has 0 aliphatic carbocycles. The quantitative estimate of drug-likeness (QED) is 0.679. The first-order valence-electron chi connectivity index (χ1n) is 5.69. The zero-order chi connectivity index (χ0) is 10.3. The molecule has 1 aliphatic rings. The molecule has 0 aromatic heterocycles. The van der Waals surface area contributed by atoms with Crippen LogP contribution in [0, 0.1) is 0 Å². The number of nitrogens with one attached hydrogen (secondary N) is 1. The monoisotopic (exact) mass is 233 g/mol. The Balaban J connectivity index is 1.92. The SMILES string of the molecule is CCSCCCNCC1(C)CCCS1. The van der Waals surface area contributed by atoms with Crippen LogP contribution in [0.5, 0.6) is 0 Å². The predicted molar refractivity (Wildman–Crippen MR) is 70.6 cm³/mol. The third kappa shape index (κ3) is 4.94. The first-order valence-corrected chi connectivity index (χ1v) is 7.83. The maximum absolute atomic E-state index is 3.59. The van der Waals surface area contributed by atoms with Crippen molar-refractivity contribution in [1.29, 1.82) is 0 Å². The Morgan fingerprint density at radius 2 is 2.36 bits per heavy atom. The number of thioether (sulfide) groups is 2. The molecule has 14 heavy (non-hydrogen) atoms. The van der Waals surface area contributed by atoms with Gasteiger partial charge in [0.05, 0.1) is 0 Å². The molecule has 0 spiro atoms. The van der Waals surface area contributed by atoms with E-state index in [-0.39, 0.29) is 0 Å². The van der Waals surface area contributed by atoms with Crippen LogP contribution in [-0.2, 0) is 0 Å². The zero-order valence-corrected chi connectivity index (χ0v) is 11.1. The van der Waals surface area contributed by atoms with Crippen molar-refractivity contribution in [3.63, 3.8) is 0 Å². The van der Waals surface area contributed by atoms with E-state index in [1.54, 1.807) is 0 Å². The van der Waals surface area contributed by atoms with Crippen molar-refractivity contribution in [2.75, 3.05) is 30.3 Å². The first kappa shape index (κ1) is 12.7. The number of rotatable bonds is 7. The average Bonchev–Trinajstić information content (AvgIpc) is 2.59. The second kappa shape index (κ2) is 7.02. The van der Waals surface area contributed by atoms with Crippen molar-refractivity contribution >= 4 is 23.5 Å². The third-order valence-corrected chi connectivity index (χ3v) is 5.17. The summed E-state index contributed by atoms with van der Waals surface area (Å²) in [5.41, 5.74) is 0. The van der Waals surface area contributed by atoms with Crippen LogP contribution in [0.2, 0.25) is 0 Å². The summed E-state index contributed by atoms with van der Waals surface area (Å²) >= 11 is 4.19. The van der Waals surface area contributed by atoms with Crippen LogP contribution in [-0.4, -0.2) is 35.1 Å². The molecule has 1 N–H and O–H groups in total. The normalized spacial score (nSPS) is 27.0. The van der Waals surface area contributed by atoms with Gasteiger partial charge in [-0.15, -0.1) is 0 Å². The van der Waals surface area contributed by atoms with Crippen molar-refractivity contribution < 1.29 is 0 Å². The Kier molecular flexibility index (Phi) is 6.38. The Morgan fingerprint density at radius 3 is 3.00 bits per heavy atom. The van der Waals surface area contributed by atoms with E-state index >= 15 is 0 Å². The molecule has 0 aromatic rings. The Bertz CT molecular complexity index is 144. The van der Waals surface area contributed by atoms with Gasteiger partial charge in [0.15, 0.2) is 0 Å². The van der Waals surface area contributed by atoms with Crippen molar-refractivity contribution in [2.45, 2.75) is 37.9 Å². The highest BCUT2D eigenvalue weighted by Crippen LogP contribution is 2.36. The molecule has 1 heterocycles. The summed E-state index contributed by atoms with van der Waals surface area (Å²) in [7, 11) is 0. The van der Waals surface area contributed by atoms with Crippen LogP contribution in [0.4, 0.5) is 0 Å². The summed E-state index contributed by atoms with van der Waals surface area (Å²) < 4.78 is 0.540. The van der Waals surface area contributed by atoms with Gasteiger partial charge in [0, 0.05) is 11.3 Å². The van der Waals surface area contributed by atoms with E-state index in [1.807, 2.05) is 11.8 Å². The molecule has 1 saturated heterocycles. The molecule has 3 heteroatoms. The van der Waals surface area contributed by atoms with Crippen molar-refractivity contribution in [1.82, 2.24) is 5.32 Å². The maximum Gasteiger partial charge on any atom is 0.0256 e. The molecule has 1 aliphatic heterocycles. The molecular formula is C11H23NS2. The van der Waals surface area contributed by atoms with E-state index < -0.39 is 0 Å². The van der Waals surface area contributed by atoms with E-state index in [9.17, 15) is 0 Å². The van der Waals surface area contributed by atoms with E-state index in [0.29, 0.717) is 4.75 Å². The second-order valence-electron chi connectivity index (χ2n) is 4.13. The largest absolute Gasteiger partial charge is 0.315 e. The maximum atomic E-state index is 3.59. The van der Waals surface area contributed by atoms with Crippen LogP contribution < -0.4 is 5.32 Å². The fourth-order valence-electron chi connectivity index (χ4n) is 1.77. The lowest BCUT2D eigenvalue weighted by Crippen LogP contribution is -2.33. The minimum atomic E-state index is 0.540. The fraction of sp³-hybridized carbons (Fsp3) is 1.00. The predicted octanol–water partition coefficient (Wildman–Crippen LogP) is 3.00. The number of hydrogen-bond donors (Lipinski definition) is 1. The minimum absolute atomic E-state index is 0.540. The fourth-order valence-corrected chi connectivity index (χ4v) is 3.68. The van der Waals surface area contributed by atoms with Gasteiger partial charge in [-0.05, 0) is 50.0 Å². The third-order valence-electron chi connectivity index (χ3n) is 2.65. The van der Waals surface area contributed by atoms with Gasteiger partial charge in [-0.1, -0.05) is 6.92 Å². The van der Waals surface area contributed by atoms with Gasteiger partial charge in [0.2, 0.25) is 0 Å². The van der Waals surface area contributed by atoms with Gasteiger partial charge in [-0.25, -0.2) is 0 Å². The lowest BCUT2D eigenvalue weighted by atomic mass is 10.1. The molecular weight excluding hydrogens is 210 g/mol. The Labute approximate surface area is 97.2 Å². The molecule has 0 radical (unpaired) electrons. The second-order valence-corrected chi connectivity index (χ2v) is 7.21. The summed E-state index contributed by atoms with van der Waals surface area (Å²) in [5.74, 6) is 3.94. The van der Waals surface area contributed by atoms with Gasteiger partial charge in [0.1, 0.15) is 0 Å². The molecule has 84 valence electrons. The van der Waals surface area contributed by atoms with E-state index in [1.165, 1.54) is 49.6 Å². The van der Waals surface area contributed by atoms with Gasteiger partial charge in [-0.3, -0.25) is 0 Å². The number of hydrogen-bond acceptors (Lipinski definition) is 3. The smallest absolute Gasteiger partial charge is 0.0256 e. The summed E-state index contributed by atoms with van der Waals surface area (Å²) in [4.78, 5) is 0. The highest BCUT2D eigenvalue weighted by Gasteiger charge is 2.28. The minimum Gasteiger partial charge on any atom is -0.315 e. The molecule has 1 nitrogen and oxygen atoms in total. The summed E-state index contributed by atoms with van der Waals surface area (Å²) in [5, 5.41) is 3.59. The lowest BCUT2D eigenvalue weighted by molar-refractivity contribution is 0.537. The summed E-state index contributed by atoms with van der Waals surface area (Å²) in [6.07, 6.45) is 4.13. The molecule has 0 amide bonds. The topological polar surface area (TPSA) is 12.0 Å². The van der Waals surface area contributed by atoms with E-state index in [2.05, 4.69) is 30.9 Å². The summed E-state index contributed by atoms with van der Waals surface area (Å²) in [6.45, 7) is 7.03. The van der Waals surface area contributed by atoms with Crippen LogP contribution in [0.25, 0.3) is 0 Å². The molecule has 0 bridgehead atoms. The van der Waals surface area contributed by atoms with E-state index in [0.717, 1.165) is 0 Å². The zero-order valence-electron chi connectivity index (χ0n) is 9.47. The first-order chi connectivity index (χ1) is 6.77. The van der Waals surface area contributed by atoms with Gasteiger partial charge < -0.3 is 5.32 Å². The Hall–Kier alpha value is 0.660. The highest BCUT2D eigenvalue weighted by atomic mass is 32.2. The van der Waals surface area contributed by atoms with Gasteiger partial charge >= 0.3 is 0 Å². The molecule has 1 atom stereocenters.